The molecule has 0 saturated heterocycles. The molecular formula is C20H18F2N4O2. The highest BCUT2D eigenvalue weighted by Gasteiger charge is 2.12. The van der Waals surface area contributed by atoms with E-state index in [0.717, 1.165) is 23.6 Å². The third kappa shape index (κ3) is 5.00. The van der Waals surface area contributed by atoms with E-state index in [0.29, 0.717) is 11.9 Å². The summed E-state index contributed by atoms with van der Waals surface area (Å²) in [7, 11) is 0. The van der Waals surface area contributed by atoms with Gasteiger partial charge in [0.05, 0.1) is 11.8 Å². The molecule has 1 heterocycles. The number of nitrogens with zero attached hydrogens (tertiary/aromatic N) is 2. The van der Waals surface area contributed by atoms with E-state index >= 15 is 0 Å². The molecule has 0 aliphatic rings. The van der Waals surface area contributed by atoms with Crippen molar-refractivity contribution in [2.75, 3.05) is 10.6 Å². The lowest BCUT2D eigenvalue weighted by Crippen LogP contribution is -2.15. The summed E-state index contributed by atoms with van der Waals surface area (Å²) in [5, 5.41) is 5.41. The van der Waals surface area contributed by atoms with Crippen LogP contribution in [0.4, 0.5) is 26.0 Å². The standard InChI is InChI=1S/C20H18F2N4O2/c1-12(2)28-15-6-4-14(5-7-15)25-19-10-18(23-11-24-19)20(27)26-17-8-3-13(21)9-16(17)22/h3-12H,1-2H3,(H,26,27)(H,23,24,25). The van der Waals surface area contributed by atoms with Crippen molar-refractivity contribution in [3.63, 3.8) is 0 Å². The normalized spacial score (nSPS) is 10.6. The molecule has 2 N–H and O–H groups in total. The largest absolute Gasteiger partial charge is 0.491 e. The molecule has 0 unspecified atom stereocenters. The minimum atomic E-state index is -0.871. The van der Waals surface area contributed by atoms with Crippen LogP contribution in [0.15, 0.2) is 54.9 Å². The van der Waals surface area contributed by atoms with Crippen LogP contribution in [0.3, 0.4) is 0 Å². The van der Waals surface area contributed by atoms with Gasteiger partial charge in [-0.05, 0) is 50.2 Å². The molecule has 28 heavy (non-hydrogen) atoms. The summed E-state index contributed by atoms with van der Waals surface area (Å²) >= 11 is 0. The van der Waals surface area contributed by atoms with E-state index in [-0.39, 0.29) is 17.5 Å². The lowest BCUT2D eigenvalue weighted by Gasteiger charge is -2.11. The molecule has 1 amide bonds. The summed E-state index contributed by atoms with van der Waals surface area (Å²) in [5.74, 6) is -1.11. The van der Waals surface area contributed by atoms with E-state index < -0.39 is 17.5 Å². The Morgan fingerprint density at radius 3 is 2.46 bits per heavy atom. The molecule has 0 fully saturated rings. The third-order valence-corrected chi connectivity index (χ3v) is 3.58. The van der Waals surface area contributed by atoms with E-state index in [1.807, 2.05) is 38.1 Å². The van der Waals surface area contributed by atoms with Crippen LogP contribution < -0.4 is 15.4 Å². The van der Waals surface area contributed by atoms with Crippen molar-refractivity contribution in [2.24, 2.45) is 0 Å². The SMILES string of the molecule is CC(C)Oc1ccc(Nc2cc(C(=O)Nc3ccc(F)cc3F)ncn2)cc1. The van der Waals surface area contributed by atoms with Crippen LogP contribution in [0.25, 0.3) is 0 Å². The molecule has 0 aliphatic carbocycles. The smallest absolute Gasteiger partial charge is 0.274 e. The van der Waals surface area contributed by atoms with Crippen LogP contribution in [0.1, 0.15) is 24.3 Å². The Balaban J connectivity index is 1.70. The topological polar surface area (TPSA) is 76.1 Å². The van der Waals surface area contributed by atoms with Gasteiger partial charge in [0.15, 0.2) is 0 Å². The summed E-state index contributed by atoms with van der Waals surface area (Å²) in [5.41, 5.74) is 0.631. The second-order valence-corrected chi connectivity index (χ2v) is 6.18. The summed E-state index contributed by atoms with van der Waals surface area (Å²) in [6.45, 7) is 3.88. The van der Waals surface area contributed by atoms with Crippen molar-refractivity contribution in [3.8, 4) is 5.75 Å². The van der Waals surface area contributed by atoms with Gasteiger partial charge < -0.3 is 15.4 Å². The van der Waals surface area contributed by atoms with E-state index in [2.05, 4.69) is 20.6 Å². The van der Waals surface area contributed by atoms with Gasteiger partial charge in [0.2, 0.25) is 0 Å². The van der Waals surface area contributed by atoms with Gasteiger partial charge in [0.1, 0.15) is 35.2 Å². The van der Waals surface area contributed by atoms with Crippen LogP contribution in [0.2, 0.25) is 0 Å². The third-order valence-electron chi connectivity index (χ3n) is 3.58. The number of carbonyl (C=O) groups is 1. The van der Waals surface area contributed by atoms with Crippen LogP contribution in [-0.2, 0) is 0 Å². The first-order chi connectivity index (χ1) is 13.4. The number of ether oxygens (including phenoxy) is 1. The minimum Gasteiger partial charge on any atom is -0.491 e. The molecule has 3 aromatic rings. The number of amides is 1. The Labute approximate surface area is 160 Å². The molecule has 2 aromatic carbocycles. The fourth-order valence-electron chi connectivity index (χ4n) is 2.36. The number of hydrogen-bond donors (Lipinski definition) is 2. The second kappa shape index (κ2) is 8.43. The maximum atomic E-state index is 13.7. The van der Waals surface area contributed by atoms with E-state index in [4.69, 9.17) is 4.74 Å². The molecule has 0 atom stereocenters. The molecule has 3 rings (SSSR count). The number of aromatic nitrogens is 2. The van der Waals surface area contributed by atoms with Gasteiger partial charge in [0, 0.05) is 17.8 Å². The summed E-state index contributed by atoms with van der Waals surface area (Å²) in [4.78, 5) is 20.3. The van der Waals surface area contributed by atoms with Gasteiger partial charge in [-0.3, -0.25) is 4.79 Å². The minimum absolute atomic E-state index is 0.0287. The van der Waals surface area contributed by atoms with Gasteiger partial charge >= 0.3 is 0 Å². The molecule has 8 heteroatoms. The predicted molar refractivity (Wildman–Crippen MR) is 102 cm³/mol. The molecule has 0 aliphatic heterocycles. The van der Waals surface area contributed by atoms with Crippen molar-refractivity contribution in [1.82, 2.24) is 9.97 Å². The Bertz CT molecular complexity index is 978. The maximum Gasteiger partial charge on any atom is 0.274 e. The van der Waals surface area contributed by atoms with Crippen molar-refractivity contribution in [3.05, 3.63) is 72.2 Å². The van der Waals surface area contributed by atoms with Gasteiger partial charge in [-0.15, -0.1) is 0 Å². The van der Waals surface area contributed by atoms with Gasteiger partial charge in [-0.2, -0.15) is 0 Å². The average molecular weight is 384 g/mol. The number of rotatable bonds is 6. The Kier molecular flexibility index (Phi) is 5.78. The number of benzene rings is 2. The molecular weight excluding hydrogens is 366 g/mol. The number of anilines is 3. The zero-order valence-corrected chi connectivity index (χ0v) is 15.2. The first-order valence-corrected chi connectivity index (χ1v) is 8.53. The number of carbonyl (C=O) groups excluding carboxylic acids is 1. The van der Waals surface area contributed by atoms with Crippen LogP contribution in [0.5, 0.6) is 5.75 Å². The highest BCUT2D eigenvalue weighted by molar-refractivity contribution is 6.03. The van der Waals surface area contributed by atoms with Crippen molar-refractivity contribution in [1.29, 1.82) is 0 Å². The lowest BCUT2D eigenvalue weighted by atomic mass is 10.2. The second-order valence-electron chi connectivity index (χ2n) is 6.18. The van der Waals surface area contributed by atoms with Gasteiger partial charge in [-0.1, -0.05) is 0 Å². The van der Waals surface area contributed by atoms with Crippen LogP contribution in [-0.4, -0.2) is 22.0 Å². The van der Waals surface area contributed by atoms with E-state index in [1.165, 1.54) is 12.4 Å². The van der Waals surface area contributed by atoms with Crippen molar-refractivity contribution < 1.29 is 18.3 Å². The quantitative estimate of drug-likeness (QED) is 0.653. The average Bonchev–Trinajstić information content (AvgIpc) is 2.65. The monoisotopic (exact) mass is 384 g/mol. The van der Waals surface area contributed by atoms with Gasteiger partial charge in [-0.25, -0.2) is 18.7 Å². The maximum absolute atomic E-state index is 13.7. The summed E-state index contributed by atoms with van der Waals surface area (Å²) in [6.07, 6.45) is 1.29. The Hall–Kier alpha value is -3.55. The molecule has 6 nitrogen and oxygen atoms in total. The molecule has 0 saturated carbocycles. The summed E-state index contributed by atoms with van der Waals surface area (Å²) < 4.78 is 32.2. The van der Waals surface area contributed by atoms with E-state index in [1.54, 1.807) is 0 Å². The molecule has 1 aromatic heterocycles. The number of hydrogen-bond acceptors (Lipinski definition) is 5. The van der Waals surface area contributed by atoms with Crippen molar-refractivity contribution in [2.45, 2.75) is 20.0 Å². The predicted octanol–water partition coefficient (Wildman–Crippen LogP) is 4.54. The van der Waals surface area contributed by atoms with Crippen LogP contribution in [0, 0.1) is 11.6 Å². The molecule has 144 valence electrons. The number of halogens is 2. The fourth-order valence-corrected chi connectivity index (χ4v) is 2.36. The van der Waals surface area contributed by atoms with Crippen molar-refractivity contribution >= 4 is 23.1 Å². The first-order valence-electron chi connectivity index (χ1n) is 8.53. The Morgan fingerprint density at radius 1 is 1.04 bits per heavy atom. The number of nitrogens with one attached hydrogen (secondary N) is 2. The zero-order chi connectivity index (χ0) is 20.1. The first kappa shape index (κ1) is 19.2. The summed E-state index contributed by atoms with van der Waals surface area (Å²) in [6, 6.07) is 11.6. The highest BCUT2D eigenvalue weighted by atomic mass is 19.1. The molecule has 0 bridgehead atoms. The molecule has 0 spiro atoms. The molecule has 0 radical (unpaired) electrons. The zero-order valence-electron chi connectivity index (χ0n) is 15.2. The lowest BCUT2D eigenvalue weighted by molar-refractivity contribution is 0.102. The Morgan fingerprint density at radius 2 is 1.79 bits per heavy atom. The van der Waals surface area contributed by atoms with Crippen LogP contribution >= 0.6 is 0 Å². The fraction of sp³-hybridized carbons (Fsp3) is 0.150. The highest BCUT2D eigenvalue weighted by Crippen LogP contribution is 2.20. The van der Waals surface area contributed by atoms with E-state index in [9.17, 15) is 13.6 Å². The van der Waals surface area contributed by atoms with Gasteiger partial charge in [0.25, 0.3) is 5.91 Å².